The van der Waals surface area contributed by atoms with Gasteiger partial charge in [0.25, 0.3) is 0 Å². The molecule has 0 amide bonds. The molecule has 0 saturated heterocycles. The zero-order valence-electron chi connectivity index (χ0n) is 30.4. The molecule has 57 heavy (non-hydrogen) atoms. The van der Waals surface area contributed by atoms with Crippen LogP contribution in [0.2, 0.25) is 0 Å². The monoisotopic (exact) mass is 730 g/mol. The normalized spacial score (nSPS) is 11.9. The average Bonchev–Trinajstić information content (AvgIpc) is 3.94. The largest absolute Gasteiger partial charge is 0.456 e. The summed E-state index contributed by atoms with van der Waals surface area (Å²) in [5, 5.41) is 6.41. The van der Waals surface area contributed by atoms with Crippen LogP contribution in [0.25, 0.3) is 117 Å². The third kappa shape index (κ3) is 5.08. The Hall–Kier alpha value is -7.83. The van der Waals surface area contributed by atoms with Gasteiger partial charge in [-0.05, 0) is 65.7 Å². The van der Waals surface area contributed by atoms with Crippen molar-refractivity contribution in [3.8, 4) is 51.0 Å². The van der Waals surface area contributed by atoms with Gasteiger partial charge in [0.2, 0.25) is 0 Å². The molecule has 0 atom stereocenters. The number of nitrogens with zero attached hydrogens (tertiary/aromatic N) is 4. The molecule has 0 unspecified atom stereocenters. The van der Waals surface area contributed by atoms with Crippen molar-refractivity contribution >= 4 is 65.7 Å². The van der Waals surface area contributed by atoms with Crippen LogP contribution in [0, 0.1) is 0 Å². The Balaban J connectivity index is 0.995. The molecule has 266 valence electrons. The van der Waals surface area contributed by atoms with Crippen LogP contribution in [0.5, 0.6) is 0 Å². The van der Waals surface area contributed by atoms with Crippen LogP contribution in [0.15, 0.2) is 191 Å². The molecule has 0 aliphatic heterocycles. The van der Waals surface area contributed by atoms with Crippen molar-refractivity contribution in [1.29, 1.82) is 0 Å². The number of fused-ring (bicyclic) bond motifs is 9. The Morgan fingerprint density at radius 3 is 1.51 bits per heavy atom. The van der Waals surface area contributed by atoms with E-state index in [2.05, 4.69) is 114 Å². The summed E-state index contributed by atoms with van der Waals surface area (Å²) >= 11 is 0. The van der Waals surface area contributed by atoms with Gasteiger partial charge in [0.15, 0.2) is 17.5 Å². The maximum absolute atomic E-state index is 6.69. The molecule has 4 aromatic heterocycles. The first kappa shape index (κ1) is 31.5. The van der Waals surface area contributed by atoms with Crippen molar-refractivity contribution in [1.82, 2.24) is 19.5 Å². The highest BCUT2D eigenvalue weighted by Crippen LogP contribution is 2.40. The second kappa shape index (κ2) is 12.3. The fourth-order valence-electron chi connectivity index (χ4n) is 8.31. The lowest BCUT2D eigenvalue weighted by Gasteiger charge is -2.09. The molecule has 0 spiro atoms. The summed E-state index contributed by atoms with van der Waals surface area (Å²) in [6.45, 7) is 0. The van der Waals surface area contributed by atoms with Gasteiger partial charge in [-0.2, -0.15) is 0 Å². The predicted molar refractivity (Wildman–Crippen MR) is 230 cm³/mol. The lowest BCUT2D eigenvalue weighted by atomic mass is 10.0. The molecule has 6 heteroatoms. The fraction of sp³-hybridized carbons (Fsp3) is 0. The summed E-state index contributed by atoms with van der Waals surface area (Å²) in [7, 11) is 0. The lowest BCUT2D eigenvalue weighted by molar-refractivity contribution is 0.664. The number of para-hydroxylation sites is 1. The first-order chi connectivity index (χ1) is 28.2. The van der Waals surface area contributed by atoms with Crippen molar-refractivity contribution in [2.24, 2.45) is 0 Å². The lowest BCUT2D eigenvalue weighted by Crippen LogP contribution is -2.00. The van der Waals surface area contributed by atoms with E-state index in [1.165, 1.54) is 21.9 Å². The van der Waals surface area contributed by atoms with Gasteiger partial charge in [-0.3, -0.25) is 0 Å². The quantitative estimate of drug-likeness (QED) is 0.176. The molecule has 0 N–H and O–H groups in total. The van der Waals surface area contributed by atoms with Crippen molar-refractivity contribution < 1.29 is 8.83 Å². The number of furan rings is 2. The zero-order chi connectivity index (χ0) is 37.5. The first-order valence-electron chi connectivity index (χ1n) is 19.0. The Morgan fingerprint density at radius 2 is 0.807 bits per heavy atom. The van der Waals surface area contributed by atoms with Crippen LogP contribution in [0.1, 0.15) is 0 Å². The summed E-state index contributed by atoms with van der Waals surface area (Å²) in [4.78, 5) is 14.8. The van der Waals surface area contributed by atoms with E-state index in [1.54, 1.807) is 0 Å². The van der Waals surface area contributed by atoms with E-state index in [0.717, 1.165) is 77.3 Å². The van der Waals surface area contributed by atoms with Crippen LogP contribution >= 0.6 is 0 Å². The second-order valence-electron chi connectivity index (χ2n) is 14.4. The molecule has 8 aromatic carbocycles. The Labute approximate surface area is 325 Å². The third-order valence-corrected chi connectivity index (χ3v) is 11.0. The Morgan fingerprint density at radius 1 is 0.298 bits per heavy atom. The zero-order valence-corrected chi connectivity index (χ0v) is 30.4. The van der Waals surface area contributed by atoms with Gasteiger partial charge in [-0.25, -0.2) is 15.0 Å². The Kier molecular flexibility index (Phi) is 6.83. The van der Waals surface area contributed by atoms with Gasteiger partial charge >= 0.3 is 0 Å². The van der Waals surface area contributed by atoms with Gasteiger partial charge in [-0.15, -0.1) is 0 Å². The molecule has 0 radical (unpaired) electrons. The maximum Gasteiger partial charge on any atom is 0.164 e. The van der Waals surface area contributed by atoms with Crippen molar-refractivity contribution in [2.75, 3.05) is 0 Å². The van der Waals surface area contributed by atoms with Crippen LogP contribution in [-0.4, -0.2) is 19.5 Å². The topological polar surface area (TPSA) is 69.9 Å². The van der Waals surface area contributed by atoms with E-state index in [0.29, 0.717) is 17.5 Å². The minimum atomic E-state index is 0.595. The van der Waals surface area contributed by atoms with Gasteiger partial charge in [0, 0.05) is 60.8 Å². The number of benzene rings is 8. The molecule has 0 aliphatic rings. The van der Waals surface area contributed by atoms with Gasteiger partial charge in [0.1, 0.15) is 22.3 Å². The van der Waals surface area contributed by atoms with Crippen LogP contribution in [0.3, 0.4) is 0 Å². The summed E-state index contributed by atoms with van der Waals surface area (Å²) in [5.41, 5.74) is 11.6. The fourth-order valence-corrected chi connectivity index (χ4v) is 8.31. The standard InChI is InChI=1S/C51H30N4O2/c1-4-12-31(13-5-1)34-20-23-38-37-18-10-11-19-43(37)55(44(38)27-34)36-22-24-39-41-29-48-42(30-47(41)57-46(39)28-36)40-26-35(21-25-45(40)56-48)51-53-49(32-14-6-2-7-15-32)52-50(54-51)33-16-8-3-9-17-33/h1-30H. The summed E-state index contributed by atoms with van der Waals surface area (Å²) in [6, 6.07) is 62.8. The summed E-state index contributed by atoms with van der Waals surface area (Å²) in [6.07, 6.45) is 0. The van der Waals surface area contributed by atoms with Crippen LogP contribution < -0.4 is 0 Å². The van der Waals surface area contributed by atoms with E-state index < -0.39 is 0 Å². The van der Waals surface area contributed by atoms with Crippen molar-refractivity contribution in [3.63, 3.8) is 0 Å². The smallest absolute Gasteiger partial charge is 0.164 e. The van der Waals surface area contributed by atoms with Crippen molar-refractivity contribution in [2.45, 2.75) is 0 Å². The van der Waals surface area contributed by atoms with Gasteiger partial charge < -0.3 is 13.4 Å². The third-order valence-electron chi connectivity index (χ3n) is 11.0. The highest BCUT2D eigenvalue weighted by Gasteiger charge is 2.19. The highest BCUT2D eigenvalue weighted by atomic mass is 16.3. The number of hydrogen-bond acceptors (Lipinski definition) is 5. The molecule has 12 rings (SSSR count). The van der Waals surface area contributed by atoms with E-state index in [9.17, 15) is 0 Å². The molecule has 4 heterocycles. The Bertz CT molecular complexity index is 3450. The molecular weight excluding hydrogens is 701 g/mol. The second-order valence-corrected chi connectivity index (χ2v) is 14.4. The van der Waals surface area contributed by atoms with Gasteiger partial charge in [-0.1, -0.05) is 121 Å². The minimum absolute atomic E-state index is 0.595. The molecule has 0 bridgehead atoms. The number of aromatic nitrogens is 4. The maximum atomic E-state index is 6.69. The molecule has 0 fully saturated rings. The van der Waals surface area contributed by atoms with E-state index >= 15 is 0 Å². The number of hydrogen-bond donors (Lipinski definition) is 0. The average molecular weight is 731 g/mol. The summed E-state index contributed by atoms with van der Waals surface area (Å²) < 4.78 is 15.5. The van der Waals surface area contributed by atoms with Gasteiger partial charge in [0.05, 0.1) is 11.0 Å². The SMILES string of the molecule is c1ccc(-c2ccc3c4ccccc4n(-c4ccc5c(c4)oc4cc6c(cc45)oc4ccc(-c5nc(-c7ccccc7)nc(-c7ccccc7)n5)cc46)c3c2)cc1. The molecule has 0 saturated carbocycles. The van der Waals surface area contributed by atoms with Crippen LogP contribution in [-0.2, 0) is 0 Å². The molecular formula is C51H30N4O2. The highest BCUT2D eigenvalue weighted by molar-refractivity contribution is 6.16. The molecule has 12 aromatic rings. The predicted octanol–water partition coefficient (Wildman–Crippen LogP) is 13.4. The van der Waals surface area contributed by atoms with E-state index in [4.69, 9.17) is 23.8 Å². The van der Waals surface area contributed by atoms with Crippen LogP contribution in [0.4, 0.5) is 0 Å². The summed E-state index contributed by atoms with van der Waals surface area (Å²) in [5.74, 6) is 1.84. The molecule has 6 nitrogen and oxygen atoms in total. The molecule has 0 aliphatic carbocycles. The van der Waals surface area contributed by atoms with Crippen molar-refractivity contribution in [3.05, 3.63) is 182 Å². The van der Waals surface area contributed by atoms with E-state index in [1.807, 2.05) is 72.8 Å². The number of rotatable bonds is 5. The van der Waals surface area contributed by atoms with E-state index in [-0.39, 0.29) is 0 Å². The first-order valence-corrected chi connectivity index (χ1v) is 19.0. The minimum Gasteiger partial charge on any atom is -0.456 e.